The zero-order valence-corrected chi connectivity index (χ0v) is 10.8. The molecule has 1 aliphatic rings. The van der Waals surface area contributed by atoms with Crippen molar-refractivity contribution < 1.29 is 5.11 Å². The zero-order chi connectivity index (χ0) is 11.1. The van der Waals surface area contributed by atoms with Crippen LogP contribution in [0.25, 0.3) is 0 Å². The van der Waals surface area contributed by atoms with Gasteiger partial charge in [0.1, 0.15) is 0 Å². The molecule has 0 radical (unpaired) electrons. The molecule has 82 valence electrons. The number of benzene rings is 1. The Morgan fingerprint density at radius 1 is 1.40 bits per heavy atom. The highest BCUT2D eigenvalue weighted by Crippen LogP contribution is 2.40. The second kappa shape index (κ2) is 3.91. The highest BCUT2D eigenvalue weighted by Gasteiger charge is 2.34. The van der Waals surface area contributed by atoms with Gasteiger partial charge in [0.05, 0.1) is 0 Å². The van der Waals surface area contributed by atoms with Gasteiger partial charge in [0.25, 0.3) is 0 Å². The van der Waals surface area contributed by atoms with Crippen LogP contribution in [0.5, 0.6) is 0 Å². The van der Waals surface area contributed by atoms with Crippen LogP contribution in [-0.4, -0.2) is 11.7 Å². The van der Waals surface area contributed by atoms with Crippen LogP contribution in [0.2, 0.25) is 0 Å². The second-order valence-electron chi connectivity index (χ2n) is 5.13. The van der Waals surface area contributed by atoms with Crippen LogP contribution in [-0.2, 0) is 12.8 Å². The molecule has 1 aliphatic carbocycles. The van der Waals surface area contributed by atoms with E-state index in [4.69, 9.17) is 0 Å². The monoisotopic (exact) mass is 268 g/mol. The predicted molar refractivity (Wildman–Crippen MR) is 65.9 cm³/mol. The average molecular weight is 269 g/mol. The Morgan fingerprint density at radius 2 is 2.13 bits per heavy atom. The summed E-state index contributed by atoms with van der Waals surface area (Å²) in [4.78, 5) is 0. The summed E-state index contributed by atoms with van der Waals surface area (Å²) in [5.74, 6) is 0.566. The van der Waals surface area contributed by atoms with E-state index in [1.165, 1.54) is 15.6 Å². The topological polar surface area (TPSA) is 20.2 Å². The van der Waals surface area contributed by atoms with Crippen LogP contribution in [0, 0.1) is 11.3 Å². The molecule has 0 saturated heterocycles. The summed E-state index contributed by atoms with van der Waals surface area (Å²) in [6.07, 6.45) is 2.19. The van der Waals surface area contributed by atoms with E-state index < -0.39 is 0 Å². The van der Waals surface area contributed by atoms with E-state index in [2.05, 4.69) is 48.0 Å². The second-order valence-corrected chi connectivity index (χ2v) is 5.98. The standard InChI is InChI=1S/C13H17BrO/c1-13(2,8-15)10-6-9-4-3-5-12(14)11(9)7-10/h3-5,10,15H,6-8H2,1-2H3. The molecule has 0 aliphatic heterocycles. The van der Waals surface area contributed by atoms with E-state index >= 15 is 0 Å². The fraction of sp³-hybridized carbons (Fsp3) is 0.538. The van der Waals surface area contributed by atoms with Gasteiger partial charge in [-0.1, -0.05) is 41.9 Å². The van der Waals surface area contributed by atoms with Gasteiger partial charge in [0.2, 0.25) is 0 Å². The first kappa shape index (κ1) is 11.2. The summed E-state index contributed by atoms with van der Waals surface area (Å²) >= 11 is 3.60. The molecule has 0 bridgehead atoms. The molecule has 1 nitrogen and oxygen atoms in total. The number of aliphatic hydroxyl groups excluding tert-OH is 1. The van der Waals surface area contributed by atoms with Crippen molar-refractivity contribution in [3.8, 4) is 0 Å². The Kier molecular flexibility index (Phi) is 2.91. The maximum Gasteiger partial charge on any atom is 0.0485 e. The third kappa shape index (κ3) is 1.98. The van der Waals surface area contributed by atoms with Gasteiger partial charge in [-0.15, -0.1) is 0 Å². The van der Waals surface area contributed by atoms with Gasteiger partial charge in [0, 0.05) is 11.1 Å². The predicted octanol–water partition coefficient (Wildman–Crippen LogP) is 3.18. The fourth-order valence-electron chi connectivity index (χ4n) is 2.29. The van der Waals surface area contributed by atoms with Crippen molar-refractivity contribution in [2.75, 3.05) is 6.61 Å². The molecule has 1 aromatic carbocycles. The normalized spacial score (nSPS) is 20.4. The minimum absolute atomic E-state index is 0.0263. The lowest BCUT2D eigenvalue weighted by Crippen LogP contribution is -2.28. The van der Waals surface area contributed by atoms with Crippen molar-refractivity contribution in [2.45, 2.75) is 26.7 Å². The molecule has 0 fully saturated rings. The van der Waals surface area contributed by atoms with E-state index in [0.29, 0.717) is 5.92 Å². The highest BCUT2D eigenvalue weighted by molar-refractivity contribution is 9.10. The SMILES string of the molecule is CC(C)(CO)C1Cc2cccc(Br)c2C1. The maximum atomic E-state index is 9.39. The van der Waals surface area contributed by atoms with Crippen LogP contribution in [0.1, 0.15) is 25.0 Å². The van der Waals surface area contributed by atoms with Crippen molar-refractivity contribution >= 4 is 15.9 Å². The lowest BCUT2D eigenvalue weighted by atomic mass is 9.78. The van der Waals surface area contributed by atoms with Crippen LogP contribution < -0.4 is 0 Å². The van der Waals surface area contributed by atoms with E-state index in [-0.39, 0.29) is 12.0 Å². The van der Waals surface area contributed by atoms with Crippen LogP contribution in [0.15, 0.2) is 22.7 Å². The Hall–Kier alpha value is -0.340. The molecular weight excluding hydrogens is 252 g/mol. The van der Waals surface area contributed by atoms with Gasteiger partial charge >= 0.3 is 0 Å². The van der Waals surface area contributed by atoms with Gasteiger partial charge in [-0.3, -0.25) is 0 Å². The lowest BCUT2D eigenvalue weighted by molar-refractivity contribution is 0.101. The van der Waals surface area contributed by atoms with Gasteiger partial charge in [-0.2, -0.15) is 0 Å². The summed E-state index contributed by atoms with van der Waals surface area (Å²) < 4.78 is 1.22. The Bertz CT molecular complexity index is 371. The summed E-state index contributed by atoms with van der Waals surface area (Å²) in [5, 5.41) is 9.39. The Morgan fingerprint density at radius 3 is 2.73 bits per heavy atom. The smallest absolute Gasteiger partial charge is 0.0485 e. The summed E-state index contributed by atoms with van der Waals surface area (Å²) in [6.45, 7) is 4.57. The largest absolute Gasteiger partial charge is 0.396 e. The Balaban J connectivity index is 2.26. The average Bonchev–Trinajstić information content (AvgIpc) is 2.64. The lowest BCUT2D eigenvalue weighted by Gasteiger charge is -2.29. The van der Waals surface area contributed by atoms with Gasteiger partial charge < -0.3 is 5.11 Å². The third-order valence-corrected chi connectivity index (χ3v) is 4.39. The number of aliphatic hydroxyl groups is 1. The van der Waals surface area contributed by atoms with Crippen LogP contribution in [0.4, 0.5) is 0 Å². The number of rotatable bonds is 2. The molecule has 1 aromatic rings. The minimum Gasteiger partial charge on any atom is -0.396 e. The van der Waals surface area contributed by atoms with Crippen molar-refractivity contribution in [2.24, 2.45) is 11.3 Å². The molecule has 1 unspecified atom stereocenters. The summed E-state index contributed by atoms with van der Waals surface area (Å²) in [7, 11) is 0. The molecule has 1 N–H and O–H groups in total. The summed E-state index contributed by atoms with van der Waals surface area (Å²) in [5.41, 5.74) is 2.90. The van der Waals surface area contributed by atoms with Gasteiger partial charge in [-0.05, 0) is 41.4 Å². The highest BCUT2D eigenvalue weighted by atomic mass is 79.9. The first-order valence-corrected chi connectivity index (χ1v) is 6.21. The Labute approximate surface area is 99.6 Å². The molecule has 2 rings (SSSR count). The molecule has 15 heavy (non-hydrogen) atoms. The van der Waals surface area contributed by atoms with Crippen molar-refractivity contribution in [1.82, 2.24) is 0 Å². The first-order valence-electron chi connectivity index (χ1n) is 5.42. The molecule has 0 saturated carbocycles. The fourth-order valence-corrected chi connectivity index (χ4v) is 2.86. The molecular formula is C13H17BrO. The number of halogens is 1. The molecule has 0 amide bonds. The van der Waals surface area contributed by atoms with E-state index in [1.54, 1.807) is 0 Å². The van der Waals surface area contributed by atoms with Gasteiger partial charge in [-0.25, -0.2) is 0 Å². The molecule has 1 atom stereocenters. The molecule has 0 heterocycles. The van der Waals surface area contributed by atoms with Crippen molar-refractivity contribution in [3.63, 3.8) is 0 Å². The van der Waals surface area contributed by atoms with E-state index in [0.717, 1.165) is 12.8 Å². The quantitative estimate of drug-likeness (QED) is 0.874. The maximum absolute atomic E-state index is 9.39. The number of fused-ring (bicyclic) bond motifs is 1. The van der Waals surface area contributed by atoms with Gasteiger partial charge in [0.15, 0.2) is 0 Å². The zero-order valence-electron chi connectivity index (χ0n) is 9.26. The van der Waals surface area contributed by atoms with Crippen molar-refractivity contribution in [1.29, 1.82) is 0 Å². The third-order valence-electron chi connectivity index (χ3n) is 3.65. The van der Waals surface area contributed by atoms with E-state index in [1.807, 2.05) is 0 Å². The van der Waals surface area contributed by atoms with Crippen molar-refractivity contribution in [3.05, 3.63) is 33.8 Å². The number of hydrogen-bond donors (Lipinski definition) is 1. The van der Waals surface area contributed by atoms with Crippen LogP contribution >= 0.6 is 15.9 Å². The molecule has 2 heteroatoms. The number of hydrogen-bond acceptors (Lipinski definition) is 1. The summed E-state index contributed by atoms with van der Waals surface area (Å²) in [6, 6.07) is 6.40. The molecule has 0 aromatic heterocycles. The van der Waals surface area contributed by atoms with E-state index in [9.17, 15) is 5.11 Å². The first-order chi connectivity index (χ1) is 7.04. The van der Waals surface area contributed by atoms with Crippen LogP contribution in [0.3, 0.4) is 0 Å². The minimum atomic E-state index is 0.0263. The molecule has 0 spiro atoms.